The molecule has 0 saturated carbocycles. The molecule has 9 heteroatoms. The first-order valence-corrected chi connectivity index (χ1v) is 14.2. The molecule has 0 spiro atoms. The summed E-state index contributed by atoms with van der Waals surface area (Å²) in [6, 6.07) is 17.3. The van der Waals surface area contributed by atoms with E-state index in [9.17, 15) is 0 Å². The maximum atomic E-state index is 4.53. The molecule has 5 heterocycles. The van der Waals surface area contributed by atoms with Gasteiger partial charge in [-0.1, -0.05) is 0 Å². The van der Waals surface area contributed by atoms with Crippen molar-refractivity contribution in [2.45, 2.75) is 0 Å². The zero-order valence-electron chi connectivity index (χ0n) is 14.4. The van der Waals surface area contributed by atoms with Crippen molar-refractivity contribution in [1.29, 1.82) is 0 Å². The van der Waals surface area contributed by atoms with Gasteiger partial charge in [0.25, 0.3) is 0 Å². The van der Waals surface area contributed by atoms with Crippen LogP contribution in [0.3, 0.4) is 0 Å². The Hall–Kier alpha value is -1.73. The van der Waals surface area contributed by atoms with Crippen LogP contribution in [0.15, 0.2) is 48.5 Å². The van der Waals surface area contributed by atoms with Crippen molar-refractivity contribution in [3.05, 3.63) is 48.5 Å². The second-order valence-corrected chi connectivity index (χ2v) is 13.6. The van der Waals surface area contributed by atoms with Gasteiger partial charge in [-0.25, -0.2) is 0 Å². The molecule has 2 aromatic carbocycles. The van der Waals surface area contributed by atoms with Gasteiger partial charge >= 0.3 is 192 Å². The van der Waals surface area contributed by atoms with E-state index >= 15 is 0 Å². The fraction of sp³-hybridized carbons (Fsp3) is 0. The number of hydrogen-bond donors (Lipinski definition) is 0. The third-order valence-corrected chi connectivity index (χ3v) is 12.6. The average Bonchev–Trinajstić information content (AvgIpc) is 3.52. The van der Waals surface area contributed by atoms with E-state index < -0.39 is 0 Å². The summed E-state index contributed by atoms with van der Waals surface area (Å²) in [4.78, 5) is 2.62. The predicted octanol–water partition coefficient (Wildman–Crippen LogP) is 6.52. The van der Waals surface area contributed by atoms with Crippen molar-refractivity contribution in [1.82, 2.24) is 17.5 Å². The molecule has 7 aromatic rings. The summed E-state index contributed by atoms with van der Waals surface area (Å²) in [6.07, 6.45) is 0. The van der Waals surface area contributed by atoms with E-state index in [-0.39, 0.29) is 20.4 Å². The molecule has 0 aliphatic carbocycles. The number of benzene rings is 2. The molecule has 0 N–H and O–H groups in total. The zero-order valence-corrected chi connectivity index (χ0v) is 20.0. The summed E-state index contributed by atoms with van der Waals surface area (Å²) in [5.74, 6) is 0. The van der Waals surface area contributed by atoms with Gasteiger partial charge in [0.1, 0.15) is 0 Å². The van der Waals surface area contributed by atoms with Crippen LogP contribution in [0.2, 0.25) is 0 Å². The summed E-state index contributed by atoms with van der Waals surface area (Å²) >= 11 is 6.07. The van der Waals surface area contributed by atoms with Crippen LogP contribution in [0.25, 0.3) is 59.2 Å². The van der Waals surface area contributed by atoms with Crippen molar-refractivity contribution < 1.29 is 0 Å². The minimum absolute atomic E-state index is 0.351. The molecule has 0 bridgehead atoms. The Kier molecular flexibility index (Phi) is 3.74. The Morgan fingerprint density at radius 1 is 0.690 bits per heavy atom. The van der Waals surface area contributed by atoms with Crippen molar-refractivity contribution in [2.24, 2.45) is 0 Å². The fourth-order valence-corrected chi connectivity index (χ4v) is 12.1. The number of fused-ring (bicyclic) bond motifs is 5. The molecule has 0 atom stereocenters. The summed E-state index contributed by atoms with van der Waals surface area (Å²) < 4.78 is 22.4. The van der Waals surface area contributed by atoms with E-state index in [1.807, 2.05) is 34.8 Å². The first kappa shape index (κ1) is 17.0. The van der Waals surface area contributed by atoms with Crippen molar-refractivity contribution >= 4 is 105 Å². The molecule has 0 saturated heterocycles. The zero-order chi connectivity index (χ0) is 18.9. The van der Waals surface area contributed by atoms with Crippen molar-refractivity contribution in [2.75, 3.05) is 0 Å². The van der Waals surface area contributed by atoms with Gasteiger partial charge in [0, 0.05) is 0 Å². The van der Waals surface area contributed by atoms with E-state index in [0.29, 0.717) is 0 Å². The number of thiophene rings is 2. The Morgan fingerprint density at radius 3 is 2.03 bits per heavy atom. The minimum atomic E-state index is -0.351. The molecule has 7 rings (SSSR count). The maximum absolute atomic E-state index is 4.53. The summed E-state index contributed by atoms with van der Waals surface area (Å²) in [5, 5.41) is 1.43. The molecular weight excluding hydrogens is 552 g/mol. The number of hydrogen-bond acceptors (Lipinski definition) is 8. The Labute approximate surface area is 190 Å². The van der Waals surface area contributed by atoms with Crippen LogP contribution in [0.5, 0.6) is 0 Å². The van der Waals surface area contributed by atoms with Crippen LogP contribution in [0.4, 0.5) is 0 Å². The van der Waals surface area contributed by atoms with Crippen LogP contribution >= 0.6 is 46.1 Å². The van der Waals surface area contributed by atoms with Gasteiger partial charge in [-0.15, -0.1) is 0 Å². The van der Waals surface area contributed by atoms with Gasteiger partial charge < -0.3 is 0 Å². The molecule has 5 aromatic heterocycles. The summed E-state index contributed by atoms with van der Waals surface area (Å²) in [5.41, 5.74) is 6.43. The molecule has 29 heavy (non-hydrogen) atoms. The Bertz CT molecular complexity index is 1560. The first-order valence-electron chi connectivity index (χ1n) is 8.74. The molecule has 0 radical (unpaired) electrons. The van der Waals surface area contributed by atoms with E-state index in [0.717, 1.165) is 22.1 Å². The molecule has 4 nitrogen and oxygen atoms in total. The number of rotatable bonds is 2. The summed E-state index contributed by atoms with van der Waals surface area (Å²) in [6.45, 7) is 0. The van der Waals surface area contributed by atoms with Crippen molar-refractivity contribution in [3.8, 4) is 20.9 Å². The molecular formula is C20H8N4S4Te. The predicted molar refractivity (Wildman–Crippen MR) is 127 cm³/mol. The number of nitrogens with zero attached hydrogens (tertiary/aromatic N) is 4. The Morgan fingerprint density at radius 2 is 1.34 bits per heavy atom. The number of aromatic nitrogens is 4. The van der Waals surface area contributed by atoms with E-state index in [4.69, 9.17) is 0 Å². The quantitative estimate of drug-likeness (QED) is 0.226. The normalized spacial score (nSPS) is 12.1. The van der Waals surface area contributed by atoms with Gasteiger partial charge in [-0.2, -0.15) is 0 Å². The van der Waals surface area contributed by atoms with Gasteiger partial charge in [-0.3, -0.25) is 0 Å². The van der Waals surface area contributed by atoms with Crippen molar-refractivity contribution in [3.63, 3.8) is 0 Å². The molecule has 0 unspecified atom stereocenters. The van der Waals surface area contributed by atoms with Gasteiger partial charge in [0.15, 0.2) is 0 Å². The first-order chi connectivity index (χ1) is 14.3. The Balaban J connectivity index is 1.43. The molecule has 0 aliphatic rings. The molecule has 0 amide bonds. The third-order valence-electron chi connectivity index (χ3n) is 4.95. The second-order valence-electron chi connectivity index (χ2n) is 6.59. The monoisotopic (exact) mass is 562 g/mol. The standard InChI is InChI=1S/C20H8N4S4Te/c1-3-9(17-12(5-1)21-27-23-17)14-7-11-19-16(29-20(11)26-14)8-15(25-19)10-4-2-6-13-18(10)24-28-22-13/h1-8H. The topological polar surface area (TPSA) is 51.6 Å². The van der Waals surface area contributed by atoms with Crippen LogP contribution in [-0.4, -0.2) is 37.9 Å². The van der Waals surface area contributed by atoms with E-state index in [1.165, 1.54) is 54.4 Å². The average molecular weight is 560 g/mol. The molecule has 0 fully saturated rings. The SMILES string of the molecule is c1cc(-c2cc3c(s2)[te]c2cc(-c4cccc5nsnc45)sc23)c2nsnc2c1. The molecule has 138 valence electrons. The van der Waals surface area contributed by atoms with E-state index in [1.54, 1.807) is 6.12 Å². The van der Waals surface area contributed by atoms with E-state index in [2.05, 4.69) is 53.9 Å². The van der Waals surface area contributed by atoms with Crippen LogP contribution in [-0.2, 0) is 0 Å². The fourth-order valence-electron chi connectivity index (χ4n) is 3.62. The summed E-state index contributed by atoms with van der Waals surface area (Å²) in [7, 11) is 0. The van der Waals surface area contributed by atoms with Crippen LogP contribution in [0.1, 0.15) is 0 Å². The third kappa shape index (κ3) is 2.53. The van der Waals surface area contributed by atoms with Crippen LogP contribution in [0, 0.1) is 0 Å². The van der Waals surface area contributed by atoms with Gasteiger partial charge in [-0.05, 0) is 0 Å². The second kappa shape index (κ2) is 6.38. The molecule has 0 aliphatic heterocycles. The van der Waals surface area contributed by atoms with Gasteiger partial charge in [0.2, 0.25) is 0 Å². The van der Waals surface area contributed by atoms with Gasteiger partial charge in [0.05, 0.1) is 0 Å². The van der Waals surface area contributed by atoms with Crippen LogP contribution < -0.4 is 0 Å².